The van der Waals surface area contributed by atoms with Gasteiger partial charge in [0.1, 0.15) is 13.2 Å². The predicted molar refractivity (Wildman–Crippen MR) is 90.6 cm³/mol. The molecule has 2 heterocycles. The van der Waals surface area contributed by atoms with Gasteiger partial charge in [0.25, 0.3) is 5.91 Å². The molecule has 26 heavy (non-hydrogen) atoms. The van der Waals surface area contributed by atoms with E-state index in [2.05, 4.69) is 0 Å². The minimum absolute atomic E-state index is 0.0493. The molecule has 0 aliphatic carbocycles. The molecule has 0 unspecified atom stereocenters. The molecule has 2 aliphatic heterocycles. The monoisotopic (exact) mass is 362 g/mol. The van der Waals surface area contributed by atoms with Crippen molar-refractivity contribution in [1.82, 2.24) is 4.90 Å². The van der Waals surface area contributed by atoms with E-state index in [4.69, 9.17) is 19.9 Å². The maximum atomic E-state index is 12.1. The van der Waals surface area contributed by atoms with Gasteiger partial charge in [0.2, 0.25) is 5.91 Å². The molecule has 1 fully saturated rings. The summed E-state index contributed by atoms with van der Waals surface area (Å²) in [6.07, 6.45) is 1.14. The number of primary amides is 1. The first kappa shape index (κ1) is 18.0. The van der Waals surface area contributed by atoms with Crippen LogP contribution in [0, 0.1) is 5.92 Å². The van der Waals surface area contributed by atoms with Crippen molar-refractivity contribution in [3.63, 3.8) is 0 Å². The molecule has 2 amide bonds. The molecule has 0 radical (unpaired) electrons. The fourth-order valence-corrected chi connectivity index (χ4v) is 3.06. The Hall–Kier alpha value is -2.77. The first-order valence-electron chi connectivity index (χ1n) is 8.64. The zero-order chi connectivity index (χ0) is 18.5. The van der Waals surface area contributed by atoms with Gasteiger partial charge in [0.15, 0.2) is 18.1 Å². The second-order valence-corrected chi connectivity index (χ2v) is 6.37. The normalized spacial score (nSPS) is 16.8. The van der Waals surface area contributed by atoms with Crippen LogP contribution in [0.2, 0.25) is 0 Å². The molecule has 1 aromatic carbocycles. The Morgan fingerprint density at radius 2 is 1.81 bits per heavy atom. The highest BCUT2D eigenvalue weighted by molar-refractivity contribution is 5.82. The lowest BCUT2D eigenvalue weighted by Gasteiger charge is -2.30. The third kappa shape index (κ3) is 4.44. The number of nitrogens with two attached hydrogens (primary N) is 1. The van der Waals surface area contributed by atoms with Crippen LogP contribution in [0.25, 0.3) is 0 Å². The average Bonchev–Trinajstić information content (AvgIpc) is 2.66. The molecule has 8 heteroatoms. The minimum Gasteiger partial charge on any atom is -0.486 e. The lowest BCUT2D eigenvalue weighted by Crippen LogP contribution is -2.43. The van der Waals surface area contributed by atoms with E-state index < -0.39 is 5.97 Å². The zero-order valence-corrected chi connectivity index (χ0v) is 14.4. The maximum Gasteiger partial charge on any atom is 0.310 e. The largest absolute Gasteiger partial charge is 0.486 e. The van der Waals surface area contributed by atoms with E-state index in [1.807, 2.05) is 0 Å². The van der Waals surface area contributed by atoms with Gasteiger partial charge in [-0.25, -0.2) is 0 Å². The molecular weight excluding hydrogens is 340 g/mol. The molecule has 2 N–H and O–H groups in total. The molecule has 0 saturated carbocycles. The van der Waals surface area contributed by atoms with Crippen molar-refractivity contribution < 1.29 is 28.6 Å². The number of carbonyl (C=O) groups excluding carboxylic acids is 3. The first-order chi connectivity index (χ1) is 12.5. The van der Waals surface area contributed by atoms with Gasteiger partial charge >= 0.3 is 5.97 Å². The topological polar surface area (TPSA) is 108 Å². The predicted octanol–water partition coefficient (Wildman–Crippen LogP) is 0.267. The Morgan fingerprint density at radius 1 is 1.12 bits per heavy atom. The number of carbonyl (C=O) groups is 3. The molecule has 8 nitrogen and oxygen atoms in total. The number of rotatable bonds is 5. The van der Waals surface area contributed by atoms with Crippen molar-refractivity contribution in [2.45, 2.75) is 19.3 Å². The molecule has 0 aromatic heterocycles. The number of nitrogens with zero attached hydrogens (tertiary/aromatic N) is 1. The lowest BCUT2D eigenvalue weighted by atomic mass is 9.96. The van der Waals surface area contributed by atoms with Gasteiger partial charge in [-0.3, -0.25) is 14.4 Å². The van der Waals surface area contributed by atoms with E-state index in [0.717, 1.165) is 5.56 Å². The Bertz CT molecular complexity index is 697. The smallest absolute Gasteiger partial charge is 0.310 e. The average molecular weight is 362 g/mol. The van der Waals surface area contributed by atoms with Crippen molar-refractivity contribution in [3.8, 4) is 11.5 Å². The highest BCUT2D eigenvalue weighted by Gasteiger charge is 2.26. The van der Waals surface area contributed by atoms with Crippen molar-refractivity contribution in [1.29, 1.82) is 0 Å². The van der Waals surface area contributed by atoms with E-state index in [1.165, 1.54) is 0 Å². The third-order valence-electron chi connectivity index (χ3n) is 4.56. The Kier molecular flexibility index (Phi) is 5.60. The van der Waals surface area contributed by atoms with Crippen molar-refractivity contribution >= 4 is 17.8 Å². The summed E-state index contributed by atoms with van der Waals surface area (Å²) in [6, 6.07) is 5.27. The van der Waals surface area contributed by atoms with Gasteiger partial charge < -0.3 is 24.8 Å². The van der Waals surface area contributed by atoms with Crippen LogP contribution in [0.15, 0.2) is 18.2 Å². The van der Waals surface area contributed by atoms with Crippen LogP contribution < -0.4 is 15.2 Å². The molecule has 2 aliphatic rings. The number of piperidine rings is 1. The van der Waals surface area contributed by atoms with Crippen LogP contribution in [0.4, 0.5) is 0 Å². The minimum atomic E-state index is -0.484. The van der Waals surface area contributed by atoms with E-state index in [0.29, 0.717) is 50.6 Å². The lowest BCUT2D eigenvalue weighted by molar-refractivity contribution is -0.152. The summed E-state index contributed by atoms with van der Waals surface area (Å²) in [5, 5.41) is 0. The van der Waals surface area contributed by atoms with Crippen LogP contribution in [0.3, 0.4) is 0 Å². The fraction of sp³-hybridized carbons (Fsp3) is 0.500. The molecular formula is C18H22N2O6. The van der Waals surface area contributed by atoms with Gasteiger partial charge in [-0.15, -0.1) is 0 Å². The summed E-state index contributed by atoms with van der Waals surface area (Å²) in [5.41, 5.74) is 6.01. The molecule has 0 spiro atoms. The standard InChI is InChI=1S/C18H22N2O6/c19-18(23)13-3-5-20(6-4-13)16(21)11-26-17(22)10-12-1-2-14-15(9-12)25-8-7-24-14/h1-2,9,13H,3-8,10-11H2,(H2,19,23). The Morgan fingerprint density at radius 3 is 2.50 bits per heavy atom. The summed E-state index contributed by atoms with van der Waals surface area (Å²) in [4.78, 5) is 36.8. The fourth-order valence-electron chi connectivity index (χ4n) is 3.06. The number of likely N-dealkylation sites (tertiary alicyclic amines) is 1. The van der Waals surface area contributed by atoms with Crippen LogP contribution in [0.1, 0.15) is 18.4 Å². The molecule has 1 saturated heterocycles. The summed E-state index contributed by atoms with van der Waals surface area (Å²) < 4.78 is 16.0. The molecule has 140 valence electrons. The van der Waals surface area contributed by atoms with Crippen LogP contribution in [0.5, 0.6) is 11.5 Å². The molecule has 0 atom stereocenters. The number of hydrogen-bond acceptors (Lipinski definition) is 6. The zero-order valence-electron chi connectivity index (χ0n) is 14.4. The Labute approximate surface area is 151 Å². The number of benzene rings is 1. The quantitative estimate of drug-likeness (QED) is 0.753. The van der Waals surface area contributed by atoms with Crippen molar-refractivity contribution in [2.24, 2.45) is 11.7 Å². The number of fused-ring (bicyclic) bond motifs is 1. The third-order valence-corrected chi connectivity index (χ3v) is 4.56. The van der Waals surface area contributed by atoms with E-state index in [9.17, 15) is 14.4 Å². The van der Waals surface area contributed by atoms with Gasteiger partial charge in [-0.05, 0) is 30.5 Å². The number of ether oxygens (including phenoxy) is 3. The first-order valence-corrected chi connectivity index (χ1v) is 8.64. The second kappa shape index (κ2) is 8.07. The molecule has 1 aromatic rings. The summed E-state index contributed by atoms with van der Waals surface area (Å²) in [6.45, 7) is 1.58. The second-order valence-electron chi connectivity index (χ2n) is 6.37. The number of hydrogen-bond donors (Lipinski definition) is 1. The van der Waals surface area contributed by atoms with Crippen LogP contribution in [-0.2, 0) is 25.5 Å². The van der Waals surface area contributed by atoms with Gasteiger partial charge in [-0.2, -0.15) is 0 Å². The highest BCUT2D eigenvalue weighted by atomic mass is 16.6. The summed E-state index contributed by atoms with van der Waals surface area (Å²) in [5.74, 6) is 0.00288. The molecule has 3 rings (SSSR count). The van der Waals surface area contributed by atoms with Crippen LogP contribution >= 0.6 is 0 Å². The number of amides is 2. The van der Waals surface area contributed by atoms with Crippen LogP contribution in [-0.4, -0.2) is 55.6 Å². The SMILES string of the molecule is NC(=O)C1CCN(C(=O)COC(=O)Cc2ccc3c(c2)OCCO3)CC1. The van der Waals surface area contributed by atoms with Gasteiger partial charge in [0.05, 0.1) is 6.42 Å². The maximum absolute atomic E-state index is 12.1. The molecule has 0 bridgehead atoms. The van der Waals surface area contributed by atoms with Crippen molar-refractivity contribution in [2.75, 3.05) is 32.9 Å². The summed E-state index contributed by atoms with van der Waals surface area (Å²) in [7, 11) is 0. The van der Waals surface area contributed by atoms with Gasteiger partial charge in [0, 0.05) is 19.0 Å². The van der Waals surface area contributed by atoms with E-state index >= 15 is 0 Å². The highest BCUT2D eigenvalue weighted by Crippen LogP contribution is 2.30. The van der Waals surface area contributed by atoms with E-state index in [-0.39, 0.29) is 30.8 Å². The summed E-state index contributed by atoms with van der Waals surface area (Å²) >= 11 is 0. The van der Waals surface area contributed by atoms with E-state index in [1.54, 1.807) is 23.1 Å². The van der Waals surface area contributed by atoms with Gasteiger partial charge in [-0.1, -0.05) is 6.07 Å². The number of esters is 1. The Balaban J connectivity index is 1.44. The van der Waals surface area contributed by atoms with Crippen molar-refractivity contribution in [3.05, 3.63) is 23.8 Å².